The molecule has 0 radical (unpaired) electrons. The highest BCUT2D eigenvalue weighted by molar-refractivity contribution is 5.86. The molecule has 26 heavy (non-hydrogen) atoms. The van der Waals surface area contributed by atoms with Crippen molar-refractivity contribution < 1.29 is 9.59 Å². The lowest BCUT2D eigenvalue weighted by Gasteiger charge is -2.35. The third-order valence-corrected chi connectivity index (χ3v) is 5.30. The lowest BCUT2D eigenvalue weighted by atomic mass is 9.91. The van der Waals surface area contributed by atoms with Crippen LogP contribution in [-0.2, 0) is 22.7 Å². The maximum Gasteiger partial charge on any atom is 0.239 e. The van der Waals surface area contributed by atoms with Crippen molar-refractivity contribution in [3.8, 4) is 0 Å². The Balaban J connectivity index is 1.50. The molecule has 142 valence electrons. The van der Waals surface area contributed by atoms with Crippen molar-refractivity contribution in [2.24, 2.45) is 17.8 Å². The first-order valence-corrected chi connectivity index (χ1v) is 9.84. The van der Waals surface area contributed by atoms with Gasteiger partial charge in [-0.05, 0) is 42.2 Å². The third-order valence-electron chi connectivity index (χ3n) is 5.30. The molecule has 1 aromatic rings. The van der Waals surface area contributed by atoms with Gasteiger partial charge in [0.25, 0.3) is 0 Å². The maximum absolute atomic E-state index is 12.0. The van der Waals surface area contributed by atoms with Gasteiger partial charge in [-0.2, -0.15) is 0 Å². The Labute approximate surface area is 156 Å². The van der Waals surface area contributed by atoms with Crippen LogP contribution in [0.2, 0.25) is 0 Å². The number of hydrogen-bond acceptors (Lipinski definition) is 3. The summed E-state index contributed by atoms with van der Waals surface area (Å²) in [5.41, 5.74) is 2.43. The summed E-state index contributed by atoms with van der Waals surface area (Å²) in [7, 11) is 0. The fraction of sp³-hybridized carbons (Fsp3) is 0.619. The zero-order valence-corrected chi connectivity index (χ0v) is 16.0. The van der Waals surface area contributed by atoms with Gasteiger partial charge in [0.05, 0.1) is 6.54 Å². The summed E-state index contributed by atoms with van der Waals surface area (Å²) in [5, 5.41) is 5.65. The Kier molecular flexibility index (Phi) is 6.30. The number of carbonyl (C=O) groups excluding carboxylic acids is 2. The second-order valence-corrected chi connectivity index (χ2v) is 8.18. The van der Waals surface area contributed by atoms with Crippen molar-refractivity contribution in [1.29, 1.82) is 0 Å². The highest BCUT2D eigenvalue weighted by Gasteiger charge is 2.29. The SMILES string of the molecule is CC1CC(C)CN(Cc2ccccc2CNC(=O)CNC(=O)C2CC2)C1. The van der Waals surface area contributed by atoms with Crippen LogP contribution in [0.1, 0.15) is 44.2 Å². The second kappa shape index (κ2) is 8.67. The molecular formula is C21H31N3O2. The summed E-state index contributed by atoms with van der Waals surface area (Å²) in [6, 6.07) is 8.31. The second-order valence-electron chi connectivity index (χ2n) is 8.18. The van der Waals surface area contributed by atoms with E-state index < -0.39 is 0 Å². The summed E-state index contributed by atoms with van der Waals surface area (Å²) >= 11 is 0. The molecule has 1 aliphatic carbocycles. The topological polar surface area (TPSA) is 61.4 Å². The van der Waals surface area contributed by atoms with E-state index in [2.05, 4.69) is 47.6 Å². The Bertz CT molecular complexity index is 632. The van der Waals surface area contributed by atoms with E-state index in [4.69, 9.17) is 0 Å². The van der Waals surface area contributed by atoms with Crippen LogP contribution in [0.25, 0.3) is 0 Å². The molecule has 2 unspecified atom stereocenters. The van der Waals surface area contributed by atoms with Crippen molar-refractivity contribution in [3.63, 3.8) is 0 Å². The lowest BCUT2D eigenvalue weighted by Crippen LogP contribution is -2.39. The van der Waals surface area contributed by atoms with Crippen molar-refractivity contribution in [2.45, 2.75) is 46.2 Å². The van der Waals surface area contributed by atoms with Gasteiger partial charge < -0.3 is 10.6 Å². The van der Waals surface area contributed by atoms with Crippen LogP contribution in [-0.4, -0.2) is 36.3 Å². The Morgan fingerprint density at radius 1 is 1.04 bits per heavy atom. The first-order valence-electron chi connectivity index (χ1n) is 9.84. The van der Waals surface area contributed by atoms with Gasteiger partial charge in [0.15, 0.2) is 0 Å². The molecule has 0 bridgehead atoms. The highest BCUT2D eigenvalue weighted by Crippen LogP contribution is 2.28. The lowest BCUT2D eigenvalue weighted by molar-refractivity contribution is -0.126. The number of benzene rings is 1. The Morgan fingerprint density at radius 3 is 2.35 bits per heavy atom. The number of carbonyl (C=O) groups is 2. The molecule has 2 amide bonds. The Hall–Kier alpha value is -1.88. The largest absolute Gasteiger partial charge is 0.350 e. The Morgan fingerprint density at radius 2 is 1.69 bits per heavy atom. The first kappa shape index (κ1) is 18.9. The fourth-order valence-electron chi connectivity index (χ4n) is 3.96. The molecule has 0 spiro atoms. The number of rotatable bonds is 7. The standard InChI is InChI=1S/C21H31N3O2/c1-15-9-16(2)13-24(12-15)14-19-6-4-3-5-18(19)10-22-20(25)11-23-21(26)17-7-8-17/h3-6,15-17H,7-14H2,1-2H3,(H,22,25)(H,23,26). The van der Waals surface area contributed by atoms with E-state index in [1.54, 1.807) is 0 Å². The van der Waals surface area contributed by atoms with Crippen LogP contribution in [0, 0.1) is 17.8 Å². The van der Waals surface area contributed by atoms with E-state index in [0.29, 0.717) is 6.54 Å². The van der Waals surface area contributed by atoms with Gasteiger partial charge in [0, 0.05) is 32.1 Å². The van der Waals surface area contributed by atoms with Gasteiger partial charge >= 0.3 is 0 Å². The average Bonchev–Trinajstić information content (AvgIpc) is 3.43. The molecule has 0 aromatic heterocycles. The van der Waals surface area contributed by atoms with E-state index >= 15 is 0 Å². The maximum atomic E-state index is 12.0. The monoisotopic (exact) mass is 357 g/mol. The van der Waals surface area contributed by atoms with Gasteiger partial charge in [-0.25, -0.2) is 0 Å². The molecule has 2 atom stereocenters. The van der Waals surface area contributed by atoms with E-state index in [-0.39, 0.29) is 24.3 Å². The first-order chi connectivity index (χ1) is 12.5. The molecule has 1 saturated heterocycles. The molecule has 2 aliphatic rings. The summed E-state index contributed by atoms with van der Waals surface area (Å²) in [4.78, 5) is 26.2. The van der Waals surface area contributed by atoms with Gasteiger partial charge in [-0.1, -0.05) is 38.1 Å². The van der Waals surface area contributed by atoms with Crippen LogP contribution >= 0.6 is 0 Å². The summed E-state index contributed by atoms with van der Waals surface area (Å²) in [6.07, 6.45) is 3.21. The van der Waals surface area contributed by atoms with Crippen LogP contribution in [0.3, 0.4) is 0 Å². The molecule has 1 aromatic carbocycles. The molecule has 1 aliphatic heterocycles. The average molecular weight is 357 g/mol. The number of likely N-dealkylation sites (tertiary alicyclic amines) is 1. The molecule has 1 saturated carbocycles. The molecule has 2 N–H and O–H groups in total. The molecule has 2 fully saturated rings. The number of nitrogens with one attached hydrogen (secondary N) is 2. The minimum Gasteiger partial charge on any atom is -0.350 e. The van der Waals surface area contributed by atoms with Crippen LogP contribution < -0.4 is 10.6 Å². The van der Waals surface area contributed by atoms with E-state index in [9.17, 15) is 9.59 Å². The summed E-state index contributed by atoms with van der Waals surface area (Å²) in [5.74, 6) is 1.49. The van der Waals surface area contributed by atoms with E-state index in [1.165, 1.54) is 12.0 Å². The van der Waals surface area contributed by atoms with Gasteiger partial charge in [0.2, 0.25) is 11.8 Å². The smallest absolute Gasteiger partial charge is 0.239 e. The minimum atomic E-state index is -0.131. The van der Waals surface area contributed by atoms with Gasteiger partial charge in [-0.15, -0.1) is 0 Å². The minimum absolute atomic E-state index is 0.00823. The molecule has 5 nitrogen and oxygen atoms in total. The van der Waals surface area contributed by atoms with Gasteiger partial charge in [0.1, 0.15) is 0 Å². The van der Waals surface area contributed by atoms with Crippen LogP contribution in [0.5, 0.6) is 0 Å². The van der Waals surface area contributed by atoms with Crippen molar-refractivity contribution in [3.05, 3.63) is 35.4 Å². The quantitative estimate of drug-likeness (QED) is 0.787. The van der Waals surface area contributed by atoms with E-state index in [1.807, 2.05) is 6.07 Å². The highest BCUT2D eigenvalue weighted by atomic mass is 16.2. The van der Waals surface area contributed by atoms with Crippen molar-refractivity contribution >= 4 is 11.8 Å². The number of hydrogen-bond donors (Lipinski definition) is 2. The zero-order chi connectivity index (χ0) is 18.5. The molecule has 1 heterocycles. The molecule has 5 heteroatoms. The van der Waals surface area contributed by atoms with Crippen LogP contribution in [0.15, 0.2) is 24.3 Å². The predicted molar refractivity (Wildman–Crippen MR) is 102 cm³/mol. The molecular weight excluding hydrogens is 326 g/mol. The molecule has 3 rings (SSSR count). The predicted octanol–water partition coefficient (Wildman–Crippen LogP) is 2.31. The summed E-state index contributed by atoms with van der Waals surface area (Å²) < 4.78 is 0. The van der Waals surface area contributed by atoms with E-state index in [0.717, 1.165) is 49.9 Å². The fourth-order valence-corrected chi connectivity index (χ4v) is 3.96. The summed E-state index contributed by atoms with van der Waals surface area (Å²) in [6.45, 7) is 8.43. The van der Waals surface area contributed by atoms with Crippen molar-refractivity contribution in [2.75, 3.05) is 19.6 Å². The third kappa shape index (κ3) is 5.56. The van der Waals surface area contributed by atoms with Crippen LogP contribution in [0.4, 0.5) is 0 Å². The number of nitrogens with zero attached hydrogens (tertiary/aromatic N) is 1. The normalized spacial score (nSPS) is 23.5. The number of amides is 2. The van der Waals surface area contributed by atoms with Gasteiger partial charge in [-0.3, -0.25) is 14.5 Å². The number of piperidine rings is 1. The zero-order valence-electron chi connectivity index (χ0n) is 16.0. The van der Waals surface area contributed by atoms with Crippen molar-refractivity contribution in [1.82, 2.24) is 15.5 Å².